The third-order valence-electron chi connectivity index (χ3n) is 6.40. The number of amides is 1. The molecule has 2 aliphatic heterocycles. The number of anilines is 1. The molecule has 2 heterocycles. The number of carboxylic acids is 1. The van der Waals surface area contributed by atoms with Crippen LogP contribution in [-0.4, -0.2) is 53.0 Å². The lowest BCUT2D eigenvalue weighted by molar-refractivity contribution is -0.384. The molecule has 1 atom stereocenters. The maximum Gasteiger partial charge on any atom is 0.307 e. The fourth-order valence-electron chi connectivity index (χ4n) is 4.62. The molecule has 1 aromatic rings. The largest absolute Gasteiger partial charge is 0.481 e. The van der Waals surface area contributed by atoms with Crippen molar-refractivity contribution in [3.63, 3.8) is 0 Å². The number of carbonyl (C=O) groups excluding carboxylic acids is 1. The van der Waals surface area contributed by atoms with Crippen LogP contribution in [0.25, 0.3) is 0 Å². The molecule has 8 heteroatoms. The maximum atomic E-state index is 12.8. The minimum Gasteiger partial charge on any atom is -0.481 e. The van der Waals surface area contributed by atoms with E-state index >= 15 is 0 Å². The average molecular weight is 373 g/mol. The zero-order valence-electron chi connectivity index (χ0n) is 15.1. The topological polar surface area (TPSA) is 104 Å². The number of carboxylic acid groups (broad SMARTS) is 1. The second-order valence-corrected chi connectivity index (χ2v) is 7.90. The Bertz CT molecular complexity index is 795. The molecule has 8 nitrogen and oxygen atoms in total. The first kappa shape index (κ1) is 17.8. The highest BCUT2D eigenvalue weighted by atomic mass is 16.6. The molecule has 27 heavy (non-hydrogen) atoms. The van der Waals surface area contributed by atoms with E-state index < -0.39 is 10.9 Å². The van der Waals surface area contributed by atoms with Crippen molar-refractivity contribution in [3.8, 4) is 0 Å². The first-order valence-corrected chi connectivity index (χ1v) is 9.47. The lowest BCUT2D eigenvalue weighted by Gasteiger charge is -2.32. The van der Waals surface area contributed by atoms with Gasteiger partial charge in [0.05, 0.1) is 10.8 Å². The first-order valence-electron chi connectivity index (χ1n) is 9.47. The summed E-state index contributed by atoms with van der Waals surface area (Å²) < 4.78 is 0. The summed E-state index contributed by atoms with van der Waals surface area (Å²) in [6.45, 7) is 2.61. The van der Waals surface area contributed by atoms with Gasteiger partial charge in [-0.2, -0.15) is 0 Å². The molecule has 2 saturated heterocycles. The Labute approximate surface area is 156 Å². The van der Waals surface area contributed by atoms with Crippen molar-refractivity contribution in [2.45, 2.75) is 32.1 Å². The van der Waals surface area contributed by atoms with Gasteiger partial charge in [0.1, 0.15) is 5.69 Å². The lowest BCUT2D eigenvalue weighted by atomic mass is 9.90. The van der Waals surface area contributed by atoms with E-state index in [1.54, 1.807) is 17.0 Å². The lowest BCUT2D eigenvalue weighted by Crippen LogP contribution is -2.40. The number of piperidine rings is 1. The van der Waals surface area contributed by atoms with Gasteiger partial charge in [0, 0.05) is 37.8 Å². The number of likely N-dealkylation sites (tertiary alicyclic amines) is 1. The molecule has 0 bridgehead atoms. The number of nitrogens with zero attached hydrogens (tertiary/aromatic N) is 3. The zero-order valence-corrected chi connectivity index (χ0v) is 15.1. The fraction of sp³-hybridized carbons (Fsp3) is 0.579. The normalized spacial score (nSPS) is 23.5. The molecule has 1 amide bonds. The van der Waals surface area contributed by atoms with Crippen LogP contribution in [0.3, 0.4) is 0 Å². The van der Waals surface area contributed by atoms with Crippen molar-refractivity contribution in [2.75, 3.05) is 31.1 Å². The molecule has 144 valence electrons. The van der Waals surface area contributed by atoms with Gasteiger partial charge in [-0.05, 0) is 49.7 Å². The van der Waals surface area contributed by atoms with Crippen LogP contribution in [0.4, 0.5) is 11.4 Å². The molecular weight excluding hydrogens is 350 g/mol. The smallest absolute Gasteiger partial charge is 0.307 e. The van der Waals surface area contributed by atoms with Gasteiger partial charge in [-0.1, -0.05) is 0 Å². The van der Waals surface area contributed by atoms with Crippen LogP contribution in [0.2, 0.25) is 0 Å². The molecule has 1 spiro atoms. The molecule has 1 N–H and O–H groups in total. The second-order valence-electron chi connectivity index (χ2n) is 7.90. The van der Waals surface area contributed by atoms with Gasteiger partial charge in [-0.25, -0.2) is 0 Å². The van der Waals surface area contributed by atoms with E-state index in [4.69, 9.17) is 0 Å². The Morgan fingerprint density at radius 2 is 1.81 bits per heavy atom. The third kappa shape index (κ3) is 3.13. The van der Waals surface area contributed by atoms with Crippen molar-refractivity contribution in [3.05, 3.63) is 33.9 Å². The fourth-order valence-corrected chi connectivity index (χ4v) is 4.62. The highest BCUT2D eigenvalue weighted by Gasteiger charge is 2.59. The van der Waals surface area contributed by atoms with Gasteiger partial charge in [0.2, 0.25) is 0 Å². The summed E-state index contributed by atoms with van der Waals surface area (Å²) in [7, 11) is 0. The van der Waals surface area contributed by atoms with Crippen LogP contribution in [0.1, 0.15) is 42.5 Å². The SMILES string of the molecule is O=C(O)C1CC12CCN(C(=O)c1ccc(N3CCCC3)c([N+](=O)[O-])c1)CC2. The van der Waals surface area contributed by atoms with E-state index in [-0.39, 0.29) is 22.9 Å². The molecule has 0 radical (unpaired) electrons. The van der Waals surface area contributed by atoms with Crippen LogP contribution in [0.15, 0.2) is 18.2 Å². The predicted molar refractivity (Wildman–Crippen MR) is 97.9 cm³/mol. The Kier molecular flexibility index (Phi) is 4.28. The van der Waals surface area contributed by atoms with Crippen molar-refractivity contribution in [2.24, 2.45) is 11.3 Å². The van der Waals surface area contributed by atoms with E-state index in [9.17, 15) is 24.8 Å². The summed E-state index contributed by atoms with van der Waals surface area (Å²) in [5.74, 6) is -1.24. The van der Waals surface area contributed by atoms with E-state index in [0.717, 1.165) is 25.9 Å². The molecule has 4 rings (SSSR count). The number of benzene rings is 1. The quantitative estimate of drug-likeness (QED) is 0.642. The number of rotatable bonds is 4. The van der Waals surface area contributed by atoms with Gasteiger partial charge in [-0.15, -0.1) is 0 Å². The minimum atomic E-state index is -0.747. The minimum absolute atomic E-state index is 0.0237. The zero-order chi connectivity index (χ0) is 19.2. The molecular formula is C19H23N3O5. The van der Waals surface area contributed by atoms with Crippen molar-refractivity contribution in [1.29, 1.82) is 0 Å². The summed E-state index contributed by atoms with van der Waals surface area (Å²) in [6.07, 6.45) is 4.10. The van der Waals surface area contributed by atoms with Crippen LogP contribution in [-0.2, 0) is 4.79 Å². The number of carbonyl (C=O) groups is 2. The first-order chi connectivity index (χ1) is 12.9. The number of nitro benzene ring substituents is 1. The molecule has 1 aromatic carbocycles. The summed E-state index contributed by atoms with van der Waals surface area (Å²) in [5, 5.41) is 20.7. The van der Waals surface area contributed by atoms with E-state index in [2.05, 4.69) is 0 Å². The van der Waals surface area contributed by atoms with Gasteiger partial charge < -0.3 is 14.9 Å². The Hall–Kier alpha value is -2.64. The standard InChI is InChI=1S/C19H23N3O5/c23-17(21-9-5-19(6-10-21)12-14(19)18(24)25)13-3-4-15(16(11-13)22(26)27)20-7-1-2-8-20/h3-4,11,14H,1-2,5-10,12H2,(H,24,25). The average Bonchev–Trinajstić information content (AvgIpc) is 3.10. The molecule has 1 aliphatic carbocycles. The number of nitro groups is 1. The number of hydrogen-bond donors (Lipinski definition) is 1. The summed E-state index contributed by atoms with van der Waals surface area (Å²) in [4.78, 5) is 38.8. The van der Waals surface area contributed by atoms with Crippen LogP contribution in [0.5, 0.6) is 0 Å². The van der Waals surface area contributed by atoms with Crippen molar-refractivity contribution in [1.82, 2.24) is 4.90 Å². The van der Waals surface area contributed by atoms with Gasteiger partial charge in [0.15, 0.2) is 0 Å². The highest BCUT2D eigenvalue weighted by Crippen LogP contribution is 2.59. The summed E-state index contributed by atoms with van der Waals surface area (Å²) in [6, 6.07) is 4.74. The molecule has 1 saturated carbocycles. The van der Waals surface area contributed by atoms with Crippen molar-refractivity contribution >= 4 is 23.3 Å². The Morgan fingerprint density at radius 1 is 1.15 bits per heavy atom. The molecule has 3 aliphatic rings. The van der Waals surface area contributed by atoms with E-state index in [1.165, 1.54) is 6.07 Å². The summed E-state index contributed by atoms with van der Waals surface area (Å²) in [5.41, 5.74) is 0.735. The van der Waals surface area contributed by atoms with Crippen LogP contribution < -0.4 is 4.90 Å². The van der Waals surface area contributed by atoms with E-state index in [0.29, 0.717) is 43.6 Å². The van der Waals surface area contributed by atoms with Crippen LogP contribution >= 0.6 is 0 Å². The second kappa shape index (κ2) is 6.51. The highest BCUT2D eigenvalue weighted by molar-refractivity contribution is 5.96. The Morgan fingerprint density at radius 3 is 2.37 bits per heavy atom. The van der Waals surface area contributed by atoms with E-state index in [1.807, 2.05) is 4.90 Å². The number of aliphatic carboxylic acids is 1. The molecule has 0 aromatic heterocycles. The third-order valence-corrected chi connectivity index (χ3v) is 6.40. The Balaban J connectivity index is 1.48. The maximum absolute atomic E-state index is 12.8. The predicted octanol–water partition coefficient (Wildman–Crippen LogP) is 2.52. The van der Waals surface area contributed by atoms with Gasteiger partial charge in [0.25, 0.3) is 11.6 Å². The summed E-state index contributed by atoms with van der Waals surface area (Å²) >= 11 is 0. The monoisotopic (exact) mass is 373 g/mol. The molecule has 1 unspecified atom stereocenters. The van der Waals surface area contributed by atoms with Gasteiger partial charge in [-0.3, -0.25) is 19.7 Å². The van der Waals surface area contributed by atoms with Crippen LogP contribution in [0, 0.1) is 21.4 Å². The van der Waals surface area contributed by atoms with Gasteiger partial charge >= 0.3 is 5.97 Å². The molecule has 3 fully saturated rings. The van der Waals surface area contributed by atoms with Crippen molar-refractivity contribution < 1.29 is 19.6 Å². The number of hydrogen-bond acceptors (Lipinski definition) is 5.